The molecule has 5 atom stereocenters. The first-order valence-corrected chi connectivity index (χ1v) is 10.3. The van der Waals surface area contributed by atoms with Crippen LogP contribution in [0.2, 0.25) is 0 Å². The number of nitriles is 1. The SMILES string of the molecule is CN1C(=O)[C@]23C[C@@](C)(C#N)C(c4cccs4)N2C(=O)[C@@]1(C)S3=S. The van der Waals surface area contributed by atoms with Gasteiger partial charge < -0.3 is 9.80 Å². The zero-order valence-electron chi connectivity index (χ0n) is 12.9. The van der Waals surface area contributed by atoms with Gasteiger partial charge in [-0.2, -0.15) is 5.26 Å². The van der Waals surface area contributed by atoms with Gasteiger partial charge in [-0.15, -0.1) is 11.3 Å². The minimum absolute atomic E-state index is 0.113. The molecule has 0 aromatic carbocycles. The first kappa shape index (κ1) is 15.2. The van der Waals surface area contributed by atoms with Crippen molar-refractivity contribution < 1.29 is 9.59 Å². The van der Waals surface area contributed by atoms with Crippen LogP contribution in [0.5, 0.6) is 0 Å². The lowest BCUT2D eigenvalue weighted by Crippen LogP contribution is -2.60. The summed E-state index contributed by atoms with van der Waals surface area (Å²) in [7, 11) is 0.779. The van der Waals surface area contributed by atoms with Gasteiger partial charge in [0.05, 0.1) is 17.5 Å². The molecule has 5 nitrogen and oxygen atoms in total. The molecule has 4 rings (SSSR count). The Labute approximate surface area is 145 Å². The Hall–Kier alpha value is -1.30. The highest BCUT2D eigenvalue weighted by Crippen LogP contribution is 2.65. The molecule has 3 aliphatic rings. The second-order valence-corrected chi connectivity index (χ2v) is 10.7. The number of fused-ring (bicyclic) bond motifs is 1. The summed E-state index contributed by atoms with van der Waals surface area (Å²) in [4.78, 5) is 28.4. The van der Waals surface area contributed by atoms with E-state index in [0.717, 1.165) is 4.88 Å². The Kier molecular flexibility index (Phi) is 2.79. The van der Waals surface area contributed by atoms with Gasteiger partial charge in [0.1, 0.15) is 0 Å². The predicted octanol–water partition coefficient (Wildman–Crippen LogP) is 1.53. The summed E-state index contributed by atoms with van der Waals surface area (Å²) < 4.78 is 0. The van der Waals surface area contributed by atoms with E-state index >= 15 is 0 Å². The fourth-order valence-corrected chi connectivity index (χ4v) is 8.70. The van der Waals surface area contributed by atoms with Crippen LogP contribution in [-0.4, -0.2) is 38.4 Å². The largest absolute Gasteiger partial charge is 0.320 e. The van der Waals surface area contributed by atoms with Gasteiger partial charge in [-0.3, -0.25) is 9.59 Å². The molecule has 8 heteroatoms. The van der Waals surface area contributed by atoms with Crippen molar-refractivity contribution >= 4 is 43.8 Å². The lowest BCUT2D eigenvalue weighted by atomic mass is 9.82. The Morgan fingerprint density at radius 1 is 1.43 bits per heavy atom. The zero-order valence-corrected chi connectivity index (χ0v) is 15.3. The van der Waals surface area contributed by atoms with Gasteiger partial charge in [0.15, 0.2) is 9.74 Å². The van der Waals surface area contributed by atoms with Crippen molar-refractivity contribution in [2.24, 2.45) is 5.41 Å². The van der Waals surface area contributed by atoms with Gasteiger partial charge >= 0.3 is 0 Å². The number of carbonyl (C=O) groups is 2. The van der Waals surface area contributed by atoms with Crippen LogP contribution < -0.4 is 0 Å². The molecular weight excluding hydrogens is 350 g/mol. The van der Waals surface area contributed by atoms with Crippen molar-refractivity contribution in [2.75, 3.05) is 7.05 Å². The number of hydrogen-bond acceptors (Lipinski definition) is 5. The summed E-state index contributed by atoms with van der Waals surface area (Å²) in [6.45, 7) is 3.61. The van der Waals surface area contributed by atoms with Crippen molar-refractivity contribution in [1.82, 2.24) is 9.80 Å². The standard InChI is InChI=1S/C15H15N3O2S3/c1-13(8-16)7-15-12(20)17(3)14(2,23(15)21)11(19)18(15)10(13)9-5-4-6-22-9/h4-6,10H,7H2,1-3H3/t10?,13-,14+,15+,23?/m0/s1. The second-order valence-electron chi connectivity index (χ2n) is 6.70. The maximum atomic E-state index is 13.2. The van der Waals surface area contributed by atoms with E-state index in [2.05, 4.69) is 6.07 Å². The summed E-state index contributed by atoms with van der Waals surface area (Å²) >= 11 is 7.23. The average Bonchev–Trinajstić information content (AvgIpc) is 3.20. The molecule has 2 amide bonds. The highest BCUT2D eigenvalue weighted by atomic mass is 32.8. The van der Waals surface area contributed by atoms with E-state index in [4.69, 9.17) is 11.2 Å². The Bertz CT molecular complexity index is 816. The fraction of sp³-hybridized carbons (Fsp3) is 0.533. The summed E-state index contributed by atoms with van der Waals surface area (Å²) in [5, 5.41) is 11.8. The minimum Gasteiger partial charge on any atom is -0.320 e. The van der Waals surface area contributed by atoms with Gasteiger partial charge in [0.2, 0.25) is 0 Å². The third kappa shape index (κ3) is 1.37. The number of nitrogens with zero attached hydrogens (tertiary/aromatic N) is 3. The Morgan fingerprint density at radius 3 is 2.70 bits per heavy atom. The summed E-state index contributed by atoms with van der Waals surface area (Å²) in [6.07, 6.45) is 0.316. The number of thiophene rings is 1. The van der Waals surface area contributed by atoms with Gasteiger partial charge in [0, 0.05) is 18.3 Å². The van der Waals surface area contributed by atoms with E-state index in [1.54, 1.807) is 18.9 Å². The molecule has 0 aliphatic carbocycles. The smallest absolute Gasteiger partial charge is 0.261 e. The molecule has 0 saturated carbocycles. The topological polar surface area (TPSA) is 64.4 Å². The van der Waals surface area contributed by atoms with Crippen molar-refractivity contribution in [3.8, 4) is 6.07 Å². The van der Waals surface area contributed by atoms with Gasteiger partial charge in [0.25, 0.3) is 11.8 Å². The van der Waals surface area contributed by atoms with E-state index in [0.29, 0.717) is 6.42 Å². The second kappa shape index (κ2) is 4.21. The van der Waals surface area contributed by atoms with Gasteiger partial charge in [-0.1, -0.05) is 15.5 Å². The van der Waals surface area contributed by atoms with Crippen LogP contribution in [0.4, 0.5) is 0 Å². The molecule has 0 N–H and O–H groups in total. The molecule has 120 valence electrons. The number of rotatable bonds is 1. The zero-order chi connectivity index (χ0) is 16.8. The van der Waals surface area contributed by atoms with Crippen molar-refractivity contribution in [2.45, 2.75) is 36.1 Å². The maximum Gasteiger partial charge on any atom is 0.261 e. The first-order valence-electron chi connectivity index (χ1n) is 7.24. The third-order valence-corrected chi connectivity index (χ3v) is 10.5. The van der Waals surface area contributed by atoms with Crippen LogP contribution in [-0.2, 0) is 30.2 Å². The van der Waals surface area contributed by atoms with E-state index in [-0.39, 0.29) is 11.8 Å². The van der Waals surface area contributed by atoms with E-state index in [1.807, 2.05) is 24.4 Å². The molecule has 3 aliphatic heterocycles. The van der Waals surface area contributed by atoms with Gasteiger partial charge in [-0.05, 0) is 36.5 Å². The molecule has 3 saturated heterocycles. The Balaban J connectivity index is 2.00. The van der Waals surface area contributed by atoms with Crippen molar-refractivity contribution in [3.63, 3.8) is 0 Å². The highest BCUT2D eigenvalue weighted by molar-refractivity contribution is 8.31. The fourth-order valence-electron chi connectivity index (χ4n) is 4.21. The van der Waals surface area contributed by atoms with Gasteiger partial charge in [-0.25, -0.2) is 0 Å². The number of amides is 2. The predicted molar refractivity (Wildman–Crippen MR) is 90.9 cm³/mol. The number of likely N-dealkylation sites (N-methyl/N-ethyl adjacent to an activating group) is 1. The number of carbonyl (C=O) groups excluding carboxylic acids is 2. The maximum absolute atomic E-state index is 13.2. The van der Waals surface area contributed by atoms with E-state index in [1.165, 1.54) is 16.2 Å². The number of piperazine rings is 1. The quantitative estimate of drug-likeness (QED) is 0.757. The molecule has 4 heterocycles. The third-order valence-electron chi connectivity index (χ3n) is 5.49. The van der Waals surface area contributed by atoms with Crippen LogP contribution in [0.15, 0.2) is 17.5 Å². The monoisotopic (exact) mass is 365 g/mol. The molecule has 23 heavy (non-hydrogen) atoms. The molecule has 1 spiro atoms. The summed E-state index contributed by atoms with van der Waals surface area (Å²) in [6, 6.07) is 5.81. The molecule has 2 unspecified atom stereocenters. The first-order chi connectivity index (χ1) is 10.7. The summed E-state index contributed by atoms with van der Waals surface area (Å²) in [5.74, 6) is -0.228. The average molecular weight is 366 g/mol. The molecule has 1 aromatic heterocycles. The molecule has 1 aromatic rings. The van der Waals surface area contributed by atoms with Crippen molar-refractivity contribution in [3.05, 3.63) is 22.4 Å². The van der Waals surface area contributed by atoms with Crippen LogP contribution >= 0.6 is 11.3 Å². The Morgan fingerprint density at radius 2 is 2.13 bits per heavy atom. The lowest BCUT2D eigenvalue weighted by Gasteiger charge is -2.39. The minimum atomic E-state index is -1.03. The van der Waals surface area contributed by atoms with E-state index < -0.39 is 30.7 Å². The highest BCUT2D eigenvalue weighted by Gasteiger charge is 2.80. The molecule has 2 bridgehead atoms. The normalized spacial score (nSPS) is 44.8. The molecular formula is C15H15N3O2S3. The van der Waals surface area contributed by atoms with Crippen molar-refractivity contribution in [1.29, 1.82) is 5.26 Å². The number of hydrogen-bond donors (Lipinski definition) is 0. The summed E-state index contributed by atoms with van der Waals surface area (Å²) in [5.41, 5.74) is -0.813. The van der Waals surface area contributed by atoms with Crippen LogP contribution in [0.25, 0.3) is 0 Å². The van der Waals surface area contributed by atoms with Crippen LogP contribution in [0.1, 0.15) is 31.2 Å². The molecule has 0 radical (unpaired) electrons. The van der Waals surface area contributed by atoms with E-state index in [9.17, 15) is 14.9 Å². The van der Waals surface area contributed by atoms with Crippen LogP contribution in [0.3, 0.4) is 0 Å². The van der Waals surface area contributed by atoms with Crippen LogP contribution in [0, 0.1) is 16.7 Å². The lowest BCUT2D eigenvalue weighted by molar-refractivity contribution is -0.159. The molecule has 3 fully saturated rings.